The maximum absolute atomic E-state index is 14.6. The van der Waals surface area contributed by atoms with E-state index in [1.165, 1.54) is 9.80 Å². The highest BCUT2D eigenvalue weighted by atomic mass is 16.5. The van der Waals surface area contributed by atoms with Gasteiger partial charge in [0, 0.05) is 11.5 Å². The van der Waals surface area contributed by atoms with Crippen LogP contribution in [0.5, 0.6) is 11.5 Å². The quantitative estimate of drug-likeness (QED) is 0.148. The number of para-hydroxylation sites is 3. The van der Waals surface area contributed by atoms with Crippen LogP contribution in [-0.2, 0) is 19.2 Å². The highest BCUT2D eigenvalue weighted by Gasteiger charge is 2.67. The molecule has 3 heterocycles. The molecule has 10 nitrogen and oxygen atoms in total. The normalized spacial score (nSPS) is 26.7. The highest BCUT2D eigenvalue weighted by Crippen LogP contribution is 2.64. The molecule has 0 radical (unpaired) electrons. The number of phenols is 1. The van der Waals surface area contributed by atoms with Crippen LogP contribution in [0.1, 0.15) is 38.2 Å². The van der Waals surface area contributed by atoms with E-state index < -0.39 is 35.0 Å². The number of benzene rings is 4. The van der Waals surface area contributed by atoms with Gasteiger partial charge < -0.3 is 14.3 Å². The fraction of sp³-hybridized carbons (Fsp3) is 0.262. The van der Waals surface area contributed by atoms with Gasteiger partial charge in [0.05, 0.1) is 41.2 Å². The average Bonchev–Trinajstić information content (AvgIpc) is 3.76. The van der Waals surface area contributed by atoms with E-state index in [1.807, 2.05) is 50.3 Å². The summed E-state index contributed by atoms with van der Waals surface area (Å²) in [5, 5.41) is 10.6. The Hall–Kier alpha value is -6.03. The molecule has 52 heavy (non-hydrogen) atoms. The third-order valence-electron chi connectivity index (χ3n) is 11.6. The van der Waals surface area contributed by atoms with E-state index in [9.17, 15) is 24.3 Å². The maximum Gasteiger partial charge on any atom is 0.241 e. The minimum Gasteiger partial charge on any atom is -0.504 e. The van der Waals surface area contributed by atoms with Gasteiger partial charge in [0.15, 0.2) is 17.1 Å². The minimum absolute atomic E-state index is 0.0357. The van der Waals surface area contributed by atoms with Gasteiger partial charge >= 0.3 is 0 Å². The summed E-state index contributed by atoms with van der Waals surface area (Å²) >= 11 is 0. The van der Waals surface area contributed by atoms with Crippen LogP contribution in [0.15, 0.2) is 113 Å². The Morgan fingerprint density at radius 3 is 2.33 bits per heavy atom. The number of allylic oxidation sites excluding steroid dienone is 2. The summed E-state index contributed by atoms with van der Waals surface area (Å²) in [5.74, 6) is -3.75. The van der Waals surface area contributed by atoms with Crippen LogP contribution in [-0.4, -0.2) is 40.3 Å². The number of anilines is 2. The molecule has 1 saturated carbocycles. The standard InChI is InChI=1S/C42H35N3O7/c1-3-51-34-21-24(15-20-32(34)46)36-27-18-19-28-35(29(27)22-30-39(48)45(41(50)42(30,36)2)25-9-5-4-6-10-25)40(49)44(38(28)47)26-16-13-23(14-17-26)37-43-31-11-7-8-12-33(31)52-37/h4-18,20-21,28-30,35-36,46H,3,19,22H2,1-2H3. The molecular formula is C42H35N3O7. The molecule has 0 spiro atoms. The molecular weight excluding hydrogens is 658 g/mol. The summed E-state index contributed by atoms with van der Waals surface area (Å²) in [6, 6.07) is 28.4. The predicted octanol–water partition coefficient (Wildman–Crippen LogP) is 7.03. The molecule has 10 heteroatoms. The molecule has 4 aromatic carbocycles. The molecule has 3 fully saturated rings. The monoisotopic (exact) mass is 693 g/mol. The Balaban J connectivity index is 1.10. The van der Waals surface area contributed by atoms with Crippen molar-refractivity contribution >= 4 is 46.1 Å². The first-order valence-electron chi connectivity index (χ1n) is 17.6. The number of hydrogen-bond acceptors (Lipinski definition) is 8. The van der Waals surface area contributed by atoms with Gasteiger partial charge in [-0.15, -0.1) is 0 Å². The fourth-order valence-electron chi connectivity index (χ4n) is 9.20. The number of aromatic hydroxyl groups is 1. The van der Waals surface area contributed by atoms with Gasteiger partial charge in [-0.2, -0.15) is 0 Å². The van der Waals surface area contributed by atoms with E-state index >= 15 is 0 Å². The largest absolute Gasteiger partial charge is 0.504 e. The number of nitrogens with zero attached hydrogens (tertiary/aromatic N) is 3. The summed E-state index contributed by atoms with van der Waals surface area (Å²) in [6.07, 6.45) is 2.57. The van der Waals surface area contributed by atoms with Crippen molar-refractivity contribution in [1.29, 1.82) is 0 Å². The second-order valence-electron chi connectivity index (χ2n) is 14.2. The lowest BCUT2D eigenvalue weighted by atomic mass is 9.51. The summed E-state index contributed by atoms with van der Waals surface area (Å²) in [4.78, 5) is 64.8. The number of aromatic nitrogens is 1. The van der Waals surface area contributed by atoms with Crippen LogP contribution in [0.25, 0.3) is 22.6 Å². The Kier molecular flexibility index (Phi) is 7.22. The number of amides is 4. The summed E-state index contributed by atoms with van der Waals surface area (Å²) in [7, 11) is 0. The first-order chi connectivity index (χ1) is 25.2. The Bertz CT molecular complexity index is 2300. The van der Waals surface area contributed by atoms with Crippen LogP contribution in [0.4, 0.5) is 11.4 Å². The average molecular weight is 694 g/mol. The van der Waals surface area contributed by atoms with E-state index in [0.717, 1.165) is 11.1 Å². The molecule has 2 aliphatic heterocycles. The van der Waals surface area contributed by atoms with Crippen molar-refractivity contribution < 1.29 is 33.4 Å². The number of rotatable bonds is 6. The van der Waals surface area contributed by atoms with Crippen LogP contribution in [0.3, 0.4) is 0 Å². The van der Waals surface area contributed by atoms with Crippen LogP contribution in [0.2, 0.25) is 0 Å². The molecule has 9 rings (SSSR count). The zero-order chi connectivity index (χ0) is 35.9. The van der Waals surface area contributed by atoms with E-state index in [1.54, 1.807) is 66.7 Å². The number of ether oxygens (including phenoxy) is 1. The van der Waals surface area contributed by atoms with Gasteiger partial charge in [-0.1, -0.05) is 48.0 Å². The topological polar surface area (TPSA) is 130 Å². The van der Waals surface area contributed by atoms with Crippen LogP contribution < -0.4 is 14.5 Å². The number of carbonyl (C=O) groups is 4. The first kappa shape index (κ1) is 31.9. The molecule has 4 amide bonds. The Morgan fingerprint density at radius 2 is 1.58 bits per heavy atom. The highest BCUT2D eigenvalue weighted by molar-refractivity contribution is 6.25. The molecule has 260 valence electrons. The molecule has 2 saturated heterocycles. The molecule has 1 N–H and O–H groups in total. The zero-order valence-electron chi connectivity index (χ0n) is 28.6. The van der Waals surface area contributed by atoms with Crippen molar-refractivity contribution in [2.75, 3.05) is 16.4 Å². The third kappa shape index (κ3) is 4.52. The zero-order valence-corrected chi connectivity index (χ0v) is 28.6. The van der Waals surface area contributed by atoms with Gasteiger partial charge in [-0.05, 0) is 98.8 Å². The van der Waals surface area contributed by atoms with Gasteiger partial charge in [-0.25, -0.2) is 9.88 Å². The van der Waals surface area contributed by atoms with E-state index in [-0.39, 0.29) is 41.5 Å². The SMILES string of the molecule is CCOc1cc(C2C3=CCC4C(=O)N(c5ccc(-c6nc7ccccc7o6)cc5)C(=O)C4C3CC3C(=O)N(c4ccccc4)C(=O)C32C)ccc1O. The lowest BCUT2D eigenvalue weighted by Gasteiger charge is -2.49. The molecule has 2 aliphatic carbocycles. The summed E-state index contributed by atoms with van der Waals surface area (Å²) in [5.41, 5.74) is 3.40. The van der Waals surface area contributed by atoms with Crippen molar-refractivity contribution in [3.05, 3.63) is 114 Å². The number of imide groups is 2. The van der Waals surface area contributed by atoms with Gasteiger partial charge in [0.2, 0.25) is 29.5 Å². The molecule has 0 bridgehead atoms. The van der Waals surface area contributed by atoms with Gasteiger partial charge in [0.1, 0.15) is 5.52 Å². The lowest BCUT2D eigenvalue weighted by molar-refractivity contribution is -0.131. The van der Waals surface area contributed by atoms with Crippen molar-refractivity contribution in [2.45, 2.75) is 32.6 Å². The van der Waals surface area contributed by atoms with Crippen molar-refractivity contribution in [2.24, 2.45) is 29.1 Å². The second-order valence-corrected chi connectivity index (χ2v) is 14.2. The second kappa shape index (κ2) is 11.8. The molecule has 4 aliphatic rings. The number of carbonyl (C=O) groups excluding carboxylic acids is 4. The molecule has 6 unspecified atom stereocenters. The number of oxazole rings is 1. The number of phenolic OH excluding ortho intramolecular Hbond substituents is 1. The van der Waals surface area contributed by atoms with E-state index in [2.05, 4.69) is 4.98 Å². The maximum atomic E-state index is 14.6. The number of hydrogen-bond donors (Lipinski definition) is 1. The molecule has 5 aromatic rings. The third-order valence-corrected chi connectivity index (χ3v) is 11.6. The fourth-order valence-corrected chi connectivity index (χ4v) is 9.20. The van der Waals surface area contributed by atoms with Crippen molar-refractivity contribution in [3.63, 3.8) is 0 Å². The summed E-state index contributed by atoms with van der Waals surface area (Å²) in [6.45, 7) is 3.98. The van der Waals surface area contributed by atoms with E-state index in [0.29, 0.717) is 47.0 Å². The van der Waals surface area contributed by atoms with Crippen LogP contribution >= 0.6 is 0 Å². The van der Waals surface area contributed by atoms with Crippen molar-refractivity contribution in [1.82, 2.24) is 4.98 Å². The Labute approximate surface area is 299 Å². The summed E-state index contributed by atoms with van der Waals surface area (Å²) < 4.78 is 11.7. The Morgan fingerprint density at radius 1 is 0.846 bits per heavy atom. The molecule has 6 atom stereocenters. The van der Waals surface area contributed by atoms with Gasteiger partial charge in [-0.3, -0.25) is 24.1 Å². The minimum atomic E-state index is -1.20. The van der Waals surface area contributed by atoms with Gasteiger partial charge in [0.25, 0.3) is 0 Å². The molecule has 1 aromatic heterocycles. The van der Waals surface area contributed by atoms with Crippen LogP contribution in [0, 0.1) is 29.1 Å². The lowest BCUT2D eigenvalue weighted by Crippen LogP contribution is -2.48. The number of fused-ring (bicyclic) bond motifs is 5. The van der Waals surface area contributed by atoms with Crippen molar-refractivity contribution in [3.8, 4) is 23.0 Å². The first-order valence-corrected chi connectivity index (χ1v) is 17.6. The smallest absolute Gasteiger partial charge is 0.241 e. The van der Waals surface area contributed by atoms with E-state index in [4.69, 9.17) is 9.15 Å². The predicted molar refractivity (Wildman–Crippen MR) is 192 cm³/mol.